The molecule has 2 aromatic rings. The number of halogens is 6. The number of carbonyl (C=O) groups excluding carboxylic acids is 1. The summed E-state index contributed by atoms with van der Waals surface area (Å²) < 4.78 is 93.5. The van der Waals surface area contributed by atoms with Crippen molar-refractivity contribution in [3.63, 3.8) is 0 Å². The first-order valence-corrected chi connectivity index (χ1v) is 15.2. The molecule has 1 saturated heterocycles. The molecule has 4 rings (SSSR count). The zero-order valence-electron chi connectivity index (χ0n) is 24.3. The zero-order valence-corrected chi connectivity index (χ0v) is 25.2. The van der Waals surface area contributed by atoms with Crippen molar-refractivity contribution in [2.75, 3.05) is 13.2 Å². The van der Waals surface area contributed by atoms with Crippen LogP contribution < -0.4 is 10.0 Å². The number of rotatable bonds is 7. The molecule has 12 heteroatoms. The highest BCUT2D eigenvalue weighted by molar-refractivity contribution is 7.97. The van der Waals surface area contributed by atoms with E-state index in [1.54, 1.807) is 23.6 Å². The summed E-state index contributed by atoms with van der Waals surface area (Å²) in [5, 5.41) is 3.00. The molecule has 1 saturated carbocycles. The highest BCUT2D eigenvalue weighted by Crippen LogP contribution is 2.43. The number of nitrogens with zero attached hydrogens (tertiary/aromatic N) is 1. The van der Waals surface area contributed by atoms with Crippen molar-refractivity contribution < 1.29 is 35.9 Å². The molecule has 2 unspecified atom stereocenters. The normalized spacial score (nSPS) is 21.0. The van der Waals surface area contributed by atoms with Crippen molar-refractivity contribution >= 4 is 17.9 Å². The Balaban J connectivity index is 1.73. The van der Waals surface area contributed by atoms with E-state index in [2.05, 4.69) is 10.0 Å². The molecule has 1 amide bonds. The highest BCUT2D eigenvalue weighted by atomic mass is 32.2. The summed E-state index contributed by atoms with van der Waals surface area (Å²) in [4.78, 5) is 13.4. The number of ether oxygens (including phenoxy) is 1. The summed E-state index contributed by atoms with van der Waals surface area (Å²) in [5.74, 6) is -2.08. The van der Waals surface area contributed by atoms with Gasteiger partial charge in [-0.3, -0.25) is 9.52 Å². The maximum absolute atomic E-state index is 14.2. The molecule has 42 heavy (non-hydrogen) atoms. The Morgan fingerprint density at radius 1 is 1.02 bits per heavy atom. The monoisotopic (exact) mass is 619 g/mol. The predicted octanol–water partition coefficient (Wildman–Crippen LogP) is 8.16. The lowest BCUT2D eigenvalue weighted by molar-refractivity contribution is -0.186. The molecule has 2 aliphatic rings. The van der Waals surface area contributed by atoms with E-state index in [0.717, 1.165) is 18.0 Å². The number of benzene rings is 1. The lowest BCUT2D eigenvalue weighted by Crippen LogP contribution is -2.39. The van der Waals surface area contributed by atoms with Gasteiger partial charge in [-0.2, -0.15) is 26.3 Å². The van der Waals surface area contributed by atoms with Crippen LogP contribution in [0.15, 0.2) is 29.2 Å². The standard InChI is InChI=1S/C30H39F6N3O2S/c1-18-23(27(40)37-22-10-12-41-13-11-22)16-25(39(18)17-19-6-5-7-21(14-19)29(31,32)33)20-8-9-26(42-38-28(2,3)4)24(15-20)30(34,35)36/h8-9,15-16,19,21-22,38H,5-7,10-14,17H2,1-4H3,(H,37,40). The van der Waals surface area contributed by atoms with E-state index in [9.17, 15) is 31.1 Å². The van der Waals surface area contributed by atoms with Crippen LogP contribution >= 0.6 is 11.9 Å². The van der Waals surface area contributed by atoms with Crippen molar-refractivity contribution in [2.45, 2.75) is 102 Å². The molecule has 1 aliphatic carbocycles. The lowest BCUT2D eigenvalue weighted by atomic mass is 9.81. The van der Waals surface area contributed by atoms with E-state index in [1.165, 1.54) is 6.07 Å². The minimum Gasteiger partial charge on any atom is -0.381 e. The fourth-order valence-electron chi connectivity index (χ4n) is 5.67. The van der Waals surface area contributed by atoms with Gasteiger partial charge in [-0.15, -0.1) is 0 Å². The van der Waals surface area contributed by atoms with Gasteiger partial charge in [-0.1, -0.05) is 12.5 Å². The summed E-state index contributed by atoms with van der Waals surface area (Å²) in [7, 11) is 0. The van der Waals surface area contributed by atoms with Crippen LogP contribution in [-0.2, 0) is 17.5 Å². The van der Waals surface area contributed by atoms with Crippen molar-refractivity contribution in [3.05, 3.63) is 41.1 Å². The van der Waals surface area contributed by atoms with Crippen LogP contribution in [-0.4, -0.2) is 41.4 Å². The van der Waals surface area contributed by atoms with Crippen molar-refractivity contribution in [1.29, 1.82) is 0 Å². The Kier molecular flexibility index (Phi) is 9.99. The van der Waals surface area contributed by atoms with Crippen molar-refractivity contribution in [2.24, 2.45) is 11.8 Å². The molecule has 2 heterocycles. The Labute approximate surface area is 247 Å². The van der Waals surface area contributed by atoms with Crippen LogP contribution in [0.5, 0.6) is 0 Å². The van der Waals surface area contributed by atoms with Crippen LogP contribution in [0, 0.1) is 18.8 Å². The molecule has 1 aliphatic heterocycles. The number of amides is 1. The summed E-state index contributed by atoms with van der Waals surface area (Å²) in [6, 6.07) is 5.52. The molecule has 234 valence electrons. The molecule has 0 radical (unpaired) electrons. The first-order chi connectivity index (χ1) is 19.5. The molecule has 0 bridgehead atoms. The molecule has 1 aromatic heterocycles. The van der Waals surface area contributed by atoms with E-state index in [-0.39, 0.29) is 47.7 Å². The van der Waals surface area contributed by atoms with E-state index in [1.807, 2.05) is 20.8 Å². The Morgan fingerprint density at radius 3 is 2.33 bits per heavy atom. The Bertz CT molecular complexity index is 1250. The molecule has 5 nitrogen and oxygen atoms in total. The molecule has 2 fully saturated rings. The lowest BCUT2D eigenvalue weighted by Gasteiger charge is -2.31. The molecular weight excluding hydrogens is 580 g/mol. The van der Waals surface area contributed by atoms with Gasteiger partial charge in [0, 0.05) is 47.6 Å². The number of carbonyl (C=O) groups is 1. The summed E-state index contributed by atoms with van der Waals surface area (Å²) in [5.41, 5.74) is 0.198. The summed E-state index contributed by atoms with van der Waals surface area (Å²) >= 11 is 0.895. The highest BCUT2D eigenvalue weighted by Gasteiger charge is 2.42. The third-order valence-electron chi connectivity index (χ3n) is 7.90. The van der Waals surface area contributed by atoms with E-state index in [0.29, 0.717) is 55.8 Å². The summed E-state index contributed by atoms with van der Waals surface area (Å²) in [6.07, 6.45) is -6.61. The zero-order chi connectivity index (χ0) is 30.9. The predicted molar refractivity (Wildman–Crippen MR) is 151 cm³/mol. The van der Waals surface area contributed by atoms with Gasteiger partial charge in [-0.25, -0.2) is 0 Å². The van der Waals surface area contributed by atoms with Gasteiger partial charge in [-0.05, 0) is 101 Å². The second kappa shape index (κ2) is 12.8. The van der Waals surface area contributed by atoms with Crippen molar-refractivity contribution in [1.82, 2.24) is 14.6 Å². The number of hydrogen-bond acceptors (Lipinski definition) is 4. The fraction of sp³-hybridized carbons (Fsp3) is 0.633. The van der Waals surface area contributed by atoms with Gasteiger partial charge >= 0.3 is 12.4 Å². The molecule has 2 atom stereocenters. The van der Waals surface area contributed by atoms with Gasteiger partial charge in [0.15, 0.2) is 0 Å². The largest absolute Gasteiger partial charge is 0.417 e. The molecular formula is C30H39F6N3O2S. The Hall–Kier alpha value is -2.18. The number of aromatic nitrogens is 1. The van der Waals surface area contributed by atoms with Crippen LogP contribution in [0.2, 0.25) is 0 Å². The second-order valence-corrected chi connectivity index (χ2v) is 13.3. The van der Waals surface area contributed by atoms with Gasteiger partial charge in [0.05, 0.1) is 17.0 Å². The third kappa shape index (κ3) is 8.25. The van der Waals surface area contributed by atoms with Crippen molar-refractivity contribution in [3.8, 4) is 11.3 Å². The SMILES string of the molecule is Cc1c(C(=O)NC2CCOCC2)cc(-c2ccc(SNC(C)(C)C)c(C(F)(F)F)c2)n1CC1CCCC(C(F)(F)F)C1. The minimum absolute atomic E-state index is 0.00814. The average molecular weight is 620 g/mol. The first-order valence-electron chi connectivity index (χ1n) is 14.3. The van der Waals surface area contributed by atoms with Crippen LogP contribution in [0.4, 0.5) is 26.3 Å². The Morgan fingerprint density at radius 2 is 1.71 bits per heavy atom. The quantitative estimate of drug-likeness (QED) is 0.243. The van der Waals surface area contributed by atoms with Gasteiger partial charge < -0.3 is 14.6 Å². The number of alkyl halides is 6. The maximum Gasteiger partial charge on any atom is 0.417 e. The van der Waals surface area contributed by atoms with E-state index >= 15 is 0 Å². The van der Waals surface area contributed by atoms with Gasteiger partial charge in [0.1, 0.15) is 0 Å². The fourth-order valence-corrected chi connectivity index (χ4v) is 6.51. The van der Waals surface area contributed by atoms with Gasteiger partial charge in [0.2, 0.25) is 0 Å². The van der Waals surface area contributed by atoms with E-state index in [4.69, 9.17) is 4.74 Å². The number of nitrogens with one attached hydrogen (secondary N) is 2. The first kappa shape index (κ1) is 32.7. The van der Waals surface area contributed by atoms with Crippen LogP contribution in [0.25, 0.3) is 11.3 Å². The van der Waals surface area contributed by atoms with Gasteiger partial charge in [0.25, 0.3) is 5.91 Å². The topological polar surface area (TPSA) is 55.3 Å². The smallest absolute Gasteiger partial charge is 0.381 e. The van der Waals surface area contributed by atoms with Crippen LogP contribution in [0.1, 0.15) is 80.9 Å². The number of hydrogen-bond donors (Lipinski definition) is 2. The molecule has 0 spiro atoms. The molecule has 2 N–H and O–H groups in total. The van der Waals surface area contributed by atoms with Crippen LogP contribution in [0.3, 0.4) is 0 Å². The average Bonchev–Trinajstić information content (AvgIpc) is 3.22. The maximum atomic E-state index is 14.2. The molecule has 1 aromatic carbocycles. The van der Waals surface area contributed by atoms with E-state index < -0.39 is 29.4 Å². The summed E-state index contributed by atoms with van der Waals surface area (Å²) in [6.45, 7) is 8.46. The minimum atomic E-state index is -4.64. The second-order valence-electron chi connectivity index (χ2n) is 12.4. The third-order valence-corrected chi connectivity index (χ3v) is 9.19.